The molecule has 0 unspecified atom stereocenters. The van der Waals surface area contributed by atoms with Crippen molar-refractivity contribution in [2.75, 3.05) is 39.3 Å². The van der Waals surface area contributed by atoms with Crippen LogP contribution in [0.1, 0.15) is 37.8 Å². The molecule has 5 heteroatoms. The van der Waals surface area contributed by atoms with Crippen LogP contribution in [0.4, 0.5) is 0 Å². The van der Waals surface area contributed by atoms with Gasteiger partial charge in [0.25, 0.3) is 0 Å². The van der Waals surface area contributed by atoms with Crippen molar-refractivity contribution in [3.63, 3.8) is 0 Å². The molecule has 2 saturated heterocycles. The summed E-state index contributed by atoms with van der Waals surface area (Å²) in [5, 5.41) is 0. The average Bonchev–Trinajstić information content (AvgIpc) is 2.60. The van der Waals surface area contributed by atoms with Gasteiger partial charge in [-0.15, -0.1) is 0 Å². The second kappa shape index (κ2) is 7.24. The van der Waals surface area contributed by atoms with Crippen molar-refractivity contribution in [2.24, 2.45) is 0 Å². The molecule has 3 fully saturated rings. The first-order chi connectivity index (χ1) is 11.4. The van der Waals surface area contributed by atoms with Crippen molar-refractivity contribution in [1.82, 2.24) is 24.7 Å². The van der Waals surface area contributed by atoms with Gasteiger partial charge in [0, 0.05) is 64.1 Å². The molecule has 1 aromatic rings. The van der Waals surface area contributed by atoms with Crippen molar-refractivity contribution >= 4 is 0 Å². The normalized spacial score (nSPS) is 26.3. The Bertz CT molecular complexity index is 473. The predicted molar refractivity (Wildman–Crippen MR) is 91.1 cm³/mol. The molecule has 5 nitrogen and oxygen atoms in total. The summed E-state index contributed by atoms with van der Waals surface area (Å²) in [6.45, 7) is 8.48. The van der Waals surface area contributed by atoms with Gasteiger partial charge in [-0.1, -0.05) is 19.3 Å². The van der Waals surface area contributed by atoms with E-state index in [0.29, 0.717) is 0 Å². The quantitative estimate of drug-likeness (QED) is 0.843. The average molecular weight is 315 g/mol. The highest BCUT2D eigenvalue weighted by atomic mass is 15.4. The lowest BCUT2D eigenvalue weighted by Gasteiger charge is -2.49. The third-order valence-corrected chi connectivity index (χ3v) is 5.92. The number of hydrogen-bond acceptors (Lipinski definition) is 5. The summed E-state index contributed by atoms with van der Waals surface area (Å²) in [5.41, 5.74) is 1.14. The number of nitrogens with zero attached hydrogens (tertiary/aromatic N) is 5. The zero-order valence-electron chi connectivity index (χ0n) is 14.1. The minimum atomic E-state index is 0.769. The van der Waals surface area contributed by atoms with E-state index in [1.165, 1.54) is 71.4 Å². The molecule has 0 radical (unpaired) electrons. The van der Waals surface area contributed by atoms with E-state index in [4.69, 9.17) is 0 Å². The Labute approximate surface area is 139 Å². The van der Waals surface area contributed by atoms with Crippen LogP contribution in [0.5, 0.6) is 0 Å². The van der Waals surface area contributed by atoms with Gasteiger partial charge in [-0.05, 0) is 18.9 Å². The molecule has 4 rings (SSSR count). The number of piperazine rings is 1. The lowest BCUT2D eigenvalue weighted by atomic mass is 9.93. The van der Waals surface area contributed by atoms with Crippen LogP contribution in [0.25, 0.3) is 0 Å². The predicted octanol–water partition coefficient (Wildman–Crippen LogP) is 1.61. The molecule has 1 aromatic heterocycles. The molecule has 23 heavy (non-hydrogen) atoms. The topological polar surface area (TPSA) is 35.5 Å². The summed E-state index contributed by atoms with van der Waals surface area (Å²) in [4.78, 5) is 16.3. The number of likely N-dealkylation sites (tertiary alicyclic amines) is 1. The van der Waals surface area contributed by atoms with Gasteiger partial charge in [0.2, 0.25) is 0 Å². The smallest absolute Gasteiger partial charge is 0.115 e. The van der Waals surface area contributed by atoms with Gasteiger partial charge in [0.15, 0.2) is 0 Å². The molecule has 3 aliphatic rings. The number of rotatable bonds is 4. The summed E-state index contributed by atoms with van der Waals surface area (Å²) >= 11 is 0. The second-order valence-corrected chi connectivity index (χ2v) is 7.41. The zero-order chi connectivity index (χ0) is 15.5. The van der Waals surface area contributed by atoms with Crippen LogP contribution < -0.4 is 0 Å². The first-order valence-corrected chi connectivity index (χ1v) is 9.34. The minimum Gasteiger partial charge on any atom is -0.298 e. The first kappa shape index (κ1) is 15.5. The van der Waals surface area contributed by atoms with E-state index < -0.39 is 0 Å². The highest BCUT2D eigenvalue weighted by Crippen LogP contribution is 2.25. The Morgan fingerprint density at radius 1 is 0.913 bits per heavy atom. The monoisotopic (exact) mass is 315 g/mol. The molecule has 2 aliphatic heterocycles. The fourth-order valence-electron chi connectivity index (χ4n) is 4.46. The highest BCUT2D eigenvalue weighted by molar-refractivity contribution is 5.01. The van der Waals surface area contributed by atoms with E-state index in [9.17, 15) is 0 Å². The number of aromatic nitrogens is 2. The zero-order valence-corrected chi connectivity index (χ0v) is 14.1. The van der Waals surface area contributed by atoms with Gasteiger partial charge in [0.1, 0.15) is 6.33 Å². The molecule has 1 aliphatic carbocycles. The van der Waals surface area contributed by atoms with Crippen molar-refractivity contribution in [2.45, 2.75) is 50.7 Å². The molecular weight excluding hydrogens is 286 g/mol. The summed E-state index contributed by atoms with van der Waals surface area (Å²) in [6, 6.07) is 3.68. The fourth-order valence-corrected chi connectivity index (χ4v) is 4.46. The van der Waals surface area contributed by atoms with E-state index >= 15 is 0 Å². The van der Waals surface area contributed by atoms with Gasteiger partial charge in [-0.3, -0.25) is 14.7 Å². The largest absolute Gasteiger partial charge is 0.298 e. The molecule has 0 N–H and O–H groups in total. The molecule has 0 bridgehead atoms. The Morgan fingerprint density at radius 3 is 2.26 bits per heavy atom. The summed E-state index contributed by atoms with van der Waals surface area (Å²) in [7, 11) is 0. The van der Waals surface area contributed by atoms with E-state index in [2.05, 4.69) is 24.7 Å². The molecule has 0 amide bonds. The van der Waals surface area contributed by atoms with Crippen LogP contribution in [-0.4, -0.2) is 76.0 Å². The molecule has 0 aromatic carbocycles. The van der Waals surface area contributed by atoms with Crippen LogP contribution in [-0.2, 0) is 6.54 Å². The molecule has 0 atom stereocenters. The maximum Gasteiger partial charge on any atom is 0.115 e. The van der Waals surface area contributed by atoms with Crippen molar-refractivity contribution in [3.8, 4) is 0 Å². The highest BCUT2D eigenvalue weighted by Gasteiger charge is 2.34. The van der Waals surface area contributed by atoms with Gasteiger partial charge in [-0.25, -0.2) is 9.97 Å². The molecule has 126 valence electrons. The van der Waals surface area contributed by atoms with Crippen LogP contribution in [0.3, 0.4) is 0 Å². The van der Waals surface area contributed by atoms with Crippen LogP contribution >= 0.6 is 0 Å². The maximum atomic E-state index is 4.33. The first-order valence-electron chi connectivity index (χ1n) is 9.34. The van der Waals surface area contributed by atoms with E-state index in [1.807, 2.05) is 12.3 Å². The minimum absolute atomic E-state index is 0.769. The Balaban J connectivity index is 1.19. The Hall–Kier alpha value is -1.04. The van der Waals surface area contributed by atoms with Crippen molar-refractivity contribution in [3.05, 3.63) is 24.3 Å². The number of hydrogen-bond donors (Lipinski definition) is 0. The van der Waals surface area contributed by atoms with Gasteiger partial charge < -0.3 is 0 Å². The SMILES string of the molecule is c1cc(CN2CC(N3CCN(C4CCCCC4)CC3)C2)ncn1. The molecule has 1 saturated carbocycles. The van der Waals surface area contributed by atoms with E-state index in [-0.39, 0.29) is 0 Å². The van der Waals surface area contributed by atoms with Crippen LogP contribution in [0.15, 0.2) is 18.6 Å². The van der Waals surface area contributed by atoms with Crippen LogP contribution in [0, 0.1) is 0 Å². The van der Waals surface area contributed by atoms with E-state index in [1.54, 1.807) is 6.33 Å². The van der Waals surface area contributed by atoms with Gasteiger partial charge in [-0.2, -0.15) is 0 Å². The Kier molecular flexibility index (Phi) is 4.88. The Morgan fingerprint density at radius 2 is 1.61 bits per heavy atom. The summed E-state index contributed by atoms with van der Waals surface area (Å²) in [6.07, 6.45) is 10.7. The summed E-state index contributed by atoms with van der Waals surface area (Å²) in [5.74, 6) is 0. The lowest BCUT2D eigenvalue weighted by Crippen LogP contribution is -2.63. The standard InChI is InChI=1S/C18H29N5/c1-2-4-17(5-3-1)22-8-10-23(11-9-22)18-13-21(14-18)12-16-6-7-19-15-20-16/h6-7,15,17-18H,1-5,8-14H2. The molecular formula is C18H29N5. The lowest BCUT2D eigenvalue weighted by molar-refractivity contribution is -0.0108. The van der Waals surface area contributed by atoms with Crippen molar-refractivity contribution < 1.29 is 0 Å². The maximum absolute atomic E-state index is 4.33. The second-order valence-electron chi connectivity index (χ2n) is 7.41. The molecule has 0 spiro atoms. The summed E-state index contributed by atoms with van der Waals surface area (Å²) < 4.78 is 0. The van der Waals surface area contributed by atoms with Gasteiger partial charge in [0.05, 0.1) is 5.69 Å². The van der Waals surface area contributed by atoms with Gasteiger partial charge >= 0.3 is 0 Å². The van der Waals surface area contributed by atoms with E-state index in [0.717, 1.165) is 24.3 Å². The fraction of sp³-hybridized carbons (Fsp3) is 0.778. The third-order valence-electron chi connectivity index (χ3n) is 5.92. The van der Waals surface area contributed by atoms with Crippen LogP contribution in [0.2, 0.25) is 0 Å². The third kappa shape index (κ3) is 3.73. The van der Waals surface area contributed by atoms with Crippen molar-refractivity contribution in [1.29, 1.82) is 0 Å². The molecule has 3 heterocycles.